The minimum Gasteiger partial charge on any atom is -0.341 e. The summed E-state index contributed by atoms with van der Waals surface area (Å²) in [6.45, 7) is 4.31. The molecule has 0 aliphatic carbocycles. The van der Waals surface area contributed by atoms with Gasteiger partial charge in [-0.2, -0.15) is 0 Å². The van der Waals surface area contributed by atoms with Crippen molar-refractivity contribution in [3.05, 3.63) is 60.2 Å². The van der Waals surface area contributed by atoms with Gasteiger partial charge in [0.2, 0.25) is 5.91 Å². The van der Waals surface area contributed by atoms with Crippen LogP contribution in [0.5, 0.6) is 0 Å². The highest BCUT2D eigenvalue weighted by molar-refractivity contribution is 5.89. The number of aromatic nitrogens is 1. The van der Waals surface area contributed by atoms with E-state index in [1.165, 1.54) is 10.9 Å². The van der Waals surface area contributed by atoms with Gasteiger partial charge in [-0.3, -0.25) is 4.79 Å². The lowest BCUT2D eigenvalue weighted by Crippen LogP contribution is -2.31. The number of amides is 1. The van der Waals surface area contributed by atoms with Gasteiger partial charge in [0.15, 0.2) is 0 Å². The highest BCUT2D eigenvalue weighted by Gasteiger charge is 2.20. The molecule has 1 aliphatic heterocycles. The van der Waals surface area contributed by atoms with Crippen LogP contribution in [0.4, 0.5) is 0 Å². The lowest BCUT2D eigenvalue weighted by Gasteiger charge is -2.18. The van der Waals surface area contributed by atoms with Crippen molar-refractivity contribution in [1.29, 1.82) is 0 Å². The number of hydrogen-bond acceptors (Lipinski definition) is 1. The zero-order valence-corrected chi connectivity index (χ0v) is 14.0. The summed E-state index contributed by atoms with van der Waals surface area (Å²) in [5, 5.41) is 1.19. The van der Waals surface area contributed by atoms with E-state index in [0.717, 1.165) is 42.7 Å². The Morgan fingerprint density at radius 3 is 2.50 bits per heavy atom. The van der Waals surface area contributed by atoms with Gasteiger partial charge in [-0.1, -0.05) is 42.5 Å². The predicted octanol–water partition coefficient (Wildman–Crippen LogP) is 4.24. The van der Waals surface area contributed by atoms with E-state index >= 15 is 0 Å². The van der Waals surface area contributed by atoms with Crippen molar-refractivity contribution in [1.82, 2.24) is 9.47 Å². The zero-order chi connectivity index (χ0) is 16.5. The lowest BCUT2D eigenvalue weighted by atomic mass is 10.1. The molecule has 1 aliphatic rings. The van der Waals surface area contributed by atoms with Crippen LogP contribution >= 0.6 is 0 Å². The van der Waals surface area contributed by atoms with Gasteiger partial charge in [-0.05, 0) is 43.0 Å². The second-order valence-electron chi connectivity index (χ2n) is 6.63. The number of hydrogen-bond donors (Lipinski definition) is 0. The Balaban J connectivity index is 1.81. The Labute approximate surface area is 142 Å². The van der Waals surface area contributed by atoms with Gasteiger partial charge in [-0.15, -0.1) is 0 Å². The van der Waals surface area contributed by atoms with E-state index < -0.39 is 0 Å². The van der Waals surface area contributed by atoms with Crippen LogP contribution in [-0.2, 0) is 11.3 Å². The average molecular weight is 318 g/mol. The third-order valence-corrected chi connectivity index (χ3v) is 4.88. The predicted molar refractivity (Wildman–Crippen MR) is 97.9 cm³/mol. The molecule has 2 heterocycles. The fourth-order valence-electron chi connectivity index (χ4n) is 3.58. The van der Waals surface area contributed by atoms with Gasteiger partial charge in [0.25, 0.3) is 0 Å². The summed E-state index contributed by atoms with van der Waals surface area (Å²) < 4.78 is 2.18. The SMILES string of the molecule is Cc1ccc2cc(-c3ccccc3)n(CC(=O)N3CCCC3)c2c1. The maximum atomic E-state index is 12.7. The molecule has 3 nitrogen and oxygen atoms in total. The van der Waals surface area contributed by atoms with Crippen LogP contribution in [0.25, 0.3) is 22.2 Å². The van der Waals surface area contributed by atoms with E-state index in [2.05, 4.69) is 47.9 Å². The van der Waals surface area contributed by atoms with Crippen molar-refractivity contribution in [2.24, 2.45) is 0 Å². The summed E-state index contributed by atoms with van der Waals surface area (Å²) >= 11 is 0. The number of fused-ring (bicyclic) bond motifs is 1. The molecule has 3 aromatic rings. The number of carbonyl (C=O) groups excluding carboxylic acids is 1. The summed E-state index contributed by atoms with van der Waals surface area (Å²) in [5.74, 6) is 0.226. The van der Waals surface area contributed by atoms with Gasteiger partial charge in [-0.25, -0.2) is 0 Å². The standard InChI is InChI=1S/C21H22N2O/c1-16-9-10-18-14-20(17-7-3-2-4-8-17)23(19(18)13-16)15-21(24)22-11-5-6-12-22/h2-4,7-10,13-14H,5-6,11-12,15H2,1H3. The summed E-state index contributed by atoms with van der Waals surface area (Å²) in [6, 6.07) is 19.0. The van der Waals surface area contributed by atoms with E-state index in [1.807, 2.05) is 23.1 Å². The molecule has 3 heteroatoms. The van der Waals surface area contributed by atoms with Crippen LogP contribution < -0.4 is 0 Å². The van der Waals surface area contributed by atoms with Gasteiger partial charge in [0.05, 0.1) is 0 Å². The van der Waals surface area contributed by atoms with Crippen LogP contribution in [0.3, 0.4) is 0 Å². The number of nitrogens with zero attached hydrogens (tertiary/aromatic N) is 2. The molecule has 1 amide bonds. The maximum absolute atomic E-state index is 12.7. The first-order chi connectivity index (χ1) is 11.7. The number of carbonyl (C=O) groups is 1. The highest BCUT2D eigenvalue weighted by Crippen LogP contribution is 2.29. The Morgan fingerprint density at radius 1 is 1.00 bits per heavy atom. The third-order valence-electron chi connectivity index (χ3n) is 4.88. The van der Waals surface area contributed by atoms with Crippen LogP contribution in [0.2, 0.25) is 0 Å². The first-order valence-corrected chi connectivity index (χ1v) is 8.65. The number of aryl methyl sites for hydroxylation is 1. The molecular formula is C21H22N2O. The van der Waals surface area contributed by atoms with Crippen LogP contribution in [0, 0.1) is 6.92 Å². The Morgan fingerprint density at radius 2 is 1.75 bits per heavy atom. The van der Waals surface area contributed by atoms with Crippen molar-refractivity contribution in [2.75, 3.05) is 13.1 Å². The molecule has 0 unspecified atom stereocenters. The monoisotopic (exact) mass is 318 g/mol. The van der Waals surface area contributed by atoms with E-state index in [0.29, 0.717) is 6.54 Å². The minimum atomic E-state index is 0.226. The molecule has 0 spiro atoms. The van der Waals surface area contributed by atoms with Gasteiger partial charge in [0, 0.05) is 29.7 Å². The normalized spacial score (nSPS) is 14.5. The van der Waals surface area contributed by atoms with E-state index in [9.17, 15) is 4.79 Å². The molecule has 1 saturated heterocycles. The van der Waals surface area contributed by atoms with E-state index in [1.54, 1.807) is 0 Å². The van der Waals surface area contributed by atoms with Gasteiger partial charge in [0.1, 0.15) is 6.54 Å². The molecule has 0 bridgehead atoms. The third kappa shape index (κ3) is 2.71. The molecule has 0 N–H and O–H groups in total. The molecule has 122 valence electrons. The molecular weight excluding hydrogens is 296 g/mol. The molecule has 1 fully saturated rings. The quantitative estimate of drug-likeness (QED) is 0.709. The first-order valence-electron chi connectivity index (χ1n) is 8.65. The van der Waals surface area contributed by atoms with Crippen molar-refractivity contribution < 1.29 is 4.79 Å². The Bertz CT molecular complexity index is 873. The largest absolute Gasteiger partial charge is 0.341 e. The molecule has 24 heavy (non-hydrogen) atoms. The number of rotatable bonds is 3. The van der Waals surface area contributed by atoms with Gasteiger partial charge < -0.3 is 9.47 Å². The maximum Gasteiger partial charge on any atom is 0.242 e. The number of benzene rings is 2. The molecule has 0 radical (unpaired) electrons. The van der Waals surface area contributed by atoms with Crippen LogP contribution in [0.1, 0.15) is 18.4 Å². The van der Waals surface area contributed by atoms with Crippen molar-refractivity contribution in [3.63, 3.8) is 0 Å². The molecule has 0 saturated carbocycles. The second-order valence-corrected chi connectivity index (χ2v) is 6.63. The van der Waals surface area contributed by atoms with E-state index in [-0.39, 0.29) is 5.91 Å². The Hall–Kier alpha value is -2.55. The second kappa shape index (κ2) is 6.16. The smallest absolute Gasteiger partial charge is 0.242 e. The highest BCUT2D eigenvalue weighted by atomic mass is 16.2. The average Bonchev–Trinajstić information content (AvgIpc) is 3.24. The van der Waals surface area contributed by atoms with Crippen molar-refractivity contribution in [3.8, 4) is 11.3 Å². The molecule has 2 aromatic carbocycles. The first kappa shape index (κ1) is 15.0. The summed E-state index contributed by atoms with van der Waals surface area (Å²) in [5.41, 5.74) is 4.63. The fourth-order valence-corrected chi connectivity index (χ4v) is 3.58. The van der Waals surface area contributed by atoms with Crippen LogP contribution in [0.15, 0.2) is 54.6 Å². The Kier molecular flexibility index (Phi) is 3.85. The molecule has 1 aromatic heterocycles. The van der Waals surface area contributed by atoms with Crippen molar-refractivity contribution >= 4 is 16.8 Å². The summed E-state index contributed by atoms with van der Waals surface area (Å²) in [6.07, 6.45) is 2.26. The summed E-state index contributed by atoms with van der Waals surface area (Å²) in [7, 11) is 0. The topological polar surface area (TPSA) is 25.2 Å². The summed E-state index contributed by atoms with van der Waals surface area (Å²) in [4.78, 5) is 14.7. The fraction of sp³-hybridized carbons (Fsp3) is 0.286. The molecule has 4 rings (SSSR count). The number of likely N-dealkylation sites (tertiary alicyclic amines) is 1. The zero-order valence-electron chi connectivity index (χ0n) is 14.0. The van der Waals surface area contributed by atoms with E-state index in [4.69, 9.17) is 0 Å². The lowest BCUT2D eigenvalue weighted by molar-refractivity contribution is -0.130. The molecule has 0 atom stereocenters. The minimum absolute atomic E-state index is 0.226. The van der Waals surface area contributed by atoms with Crippen LogP contribution in [-0.4, -0.2) is 28.5 Å². The van der Waals surface area contributed by atoms with Gasteiger partial charge >= 0.3 is 0 Å². The van der Waals surface area contributed by atoms with Crippen molar-refractivity contribution in [2.45, 2.75) is 26.3 Å².